The van der Waals surface area contributed by atoms with Crippen molar-refractivity contribution in [3.63, 3.8) is 0 Å². The van der Waals surface area contributed by atoms with Gasteiger partial charge in [-0.2, -0.15) is 4.31 Å². The van der Waals surface area contributed by atoms with Crippen molar-refractivity contribution in [3.05, 3.63) is 123 Å². The molecular weight excluding hydrogens is 552 g/mol. The lowest BCUT2D eigenvalue weighted by Gasteiger charge is -2.21. The van der Waals surface area contributed by atoms with Gasteiger partial charge in [-0.05, 0) is 53.8 Å². The fourth-order valence-electron chi connectivity index (χ4n) is 3.60. The van der Waals surface area contributed by atoms with E-state index in [2.05, 4.69) is 11.1 Å². The molecule has 0 aliphatic carbocycles. The molecule has 1 heterocycles. The minimum atomic E-state index is -4.48. The van der Waals surface area contributed by atoms with E-state index in [0.29, 0.717) is 17.3 Å². The van der Waals surface area contributed by atoms with E-state index < -0.39 is 26.5 Å². The summed E-state index contributed by atoms with van der Waals surface area (Å²) in [5, 5.41) is 16.8. The molecule has 0 spiro atoms. The number of carbonyl (C=O) groups is 2. The number of thiophene rings is 1. The van der Waals surface area contributed by atoms with E-state index in [1.54, 1.807) is 53.8 Å². The van der Waals surface area contributed by atoms with Gasteiger partial charge < -0.3 is 11.1 Å². The van der Waals surface area contributed by atoms with Crippen molar-refractivity contribution in [2.45, 2.75) is 11.3 Å². The monoisotopic (exact) mass is 578 g/mol. The van der Waals surface area contributed by atoms with E-state index in [1.807, 2.05) is 23.6 Å². The molecule has 0 aliphatic rings. The van der Waals surface area contributed by atoms with Crippen molar-refractivity contribution in [1.29, 1.82) is 0 Å². The number of anilines is 2. The number of nitrogens with two attached hydrogens (primary N) is 1. The number of sulfonamides is 1. The van der Waals surface area contributed by atoms with Crippen molar-refractivity contribution in [1.82, 2.24) is 0 Å². The summed E-state index contributed by atoms with van der Waals surface area (Å²) in [6.45, 7) is 0.437. The summed E-state index contributed by atoms with van der Waals surface area (Å²) < 4.78 is 28.0. The number of nitro benzene ring substituents is 1. The molecule has 0 saturated carbocycles. The van der Waals surface area contributed by atoms with Gasteiger partial charge in [0.2, 0.25) is 6.41 Å². The molecule has 12 heteroatoms. The fourth-order valence-corrected chi connectivity index (χ4v) is 5.72. The van der Waals surface area contributed by atoms with Crippen molar-refractivity contribution >= 4 is 56.8 Å². The van der Waals surface area contributed by atoms with Gasteiger partial charge in [-0.3, -0.25) is 19.7 Å². The van der Waals surface area contributed by atoms with Gasteiger partial charge in [0.15, 0.2) is 0 Å². The molecule has 3 aromatic carbocycles. The van der Waals surface area contributed by atoms with E-state index in [0.717, 1.165) is 22.6 Å². The van der Waals surface area contributed by atoms with Crippen LogP contribution in [0.1, 0.15) is 10.4 Å². The zero-order valence-electron chi connectivity index (χ0n) is 21.1. The summed E-state index contributed by atoms with van der Waals surface area (Å²) >= 11 is 1.58. The number of primary amides is 1. The third-order valence-corrected chi connectivity index (χ3v) is 8.04. The number of rotatable bonds is 10. The minimum absolute atomic E-state index is 0.117. The number of nitro groups is 1. The molecule has 40 heavy (non-hydrogen) atoms. The van der Waals surface area contributed by atoms with Crippen LogP contribution in [-0.4, -0.2) is 32.2 Å². The van der Waals surface area contributed by atoms with Gasteiger partial charge in [0, 0.05) is 23.6 Å². The van der Waals surface area contributed by atoms with E-state index in [1.165, 1.54) is 30.3 Å². The minimum Gasteiger partial charge on any atom is -0.379 e. The first kappa shape index (κ1) is 29.7. The number of hydrogen-bond donors (Lipinski definition) is 2. The van der Waals surface area contributed by atoms with Gasteiger partial charge in [0.05, 0.1) is 15.5 Å². The molecule has 4 rings (SSSR count). The molecule has 0 fully saturated rings. The van der Waals surface area contributed by atoms with Crippen molar-refractivity contribution in [2.24, 2.45) is 5.73 Å². The Balaban J connectivity index is 0.00000141. The maximum Gasteiger partial charge on any atom is 0.293 e. The number of nitrogens with zero attached hydrogens (tertiary/aromatic N) is 2. The van der Waals surface area contributed by atoms with Gasteiger partial charge in [-0.25, -0.2) is 8.42 Å². The molecule has 4 aromatic rings. The summed E-state index contributed by atoms with van der Waals surface area (Å²) in [5.74, 6) is -0.809. The van der Waals surface area contributed by atoms with Gasteiger partial charge in [-0.15, -0.1) is 11.3 Å². The third-order valence-electron chi connectivity index (χ3n) is 5.38. The Morgan fingerprint density at radius 3 is 2.25 bits per heavy atom. The summed E-state index contributed by atoms with van der Waals surface area (Å²) in [5.41, 5.74) is 4.80. The van der Waals surface area contributed by atoms with Gasteiger partial charge in [0.25, 0.3) is 21.6 Å². The number of nitrogens with one attached hydrogen (secondary N) is 1. The number of para-hydroxylation sites is 1. The first-order valence-corrected chi connectivity index (χ1v) is 14.2. The molecule has 0 bridgehead atoms. The predicted molar refractivity (Wildman–Crippen MR) is 156 cm³/mol. The molecule has 0 aliphatic heterocycles. The smallest absolute Gasteiger partial charge is 0.293 e. The van der Waals surface area contributed by atoms with Crippen LogP contribution in [0.15, 0.2) is 107 Å². The third kappa shape index (κ3) is 7.85. The topological polar surface area (TPSA) is 153 Å². The Labute approximate surface area is 235 Å². The molecule has 0 saturated heterocycles. The first-order valence-electron chi connectivity index (χ1n) is 11.9. The highest BCUT2D eigenvalue weighted by molar-refractivity contribution is 7.93. The van der Waals surface area contributed by atoms with Gasteiger partial charge in [-0.1, -0.05) is 54.6 Å². The zero-order chi connectivity index (χ0) is 29.0. The van der Waals surface area contributed by atoms with Crippen LogP contribution in [0, 0.1) is 10.1 Å². The Bertz CT molecular complexity index is 1560. The molecule has 0 radical (unpaired) electrons. The summed E-state index contributed by atoms with van der Waals surface area (Å²) in [7, 11) is -4.48. The van der Waals surface area contributed by atoms with Crippen LogP contribution in [-0.2, 0) is 26.0 Å². The molecule has 10 nitrogen and oxygen atoms in total. The van der Waals surface area contributed by atoms with E-state index >= 15 is 0 Å². The number of benzene rings is 3. The molecule has 0 atom stereocenters. The quantitative estimate of drug-likeness (QED) is 0.118. The lowest BCUT2D eigenvalue weighted by atomic mass is 10.2. The van der Waals surface area contributed by atoms with Crippen molar-refractivity contribution < 1.29 is 22.9 Å². The normalized spacial score (nSPS) is 10.8. The van der Waals surface area contributed by atoms with E-state index in [9.17, 15) is 23.3 Å². The standard InChI is InChI=1S/C27H23N3O5S2.CH3NO/c31-27(16-13-21-8-3-1-4-9-21)29(22-10-5-2-6-11-22)37(34,35)24-14-15-25(26(20-24)30(32)33)28-18-17-23-12-7-19-36-23;2-1-3/h1-16,19-20,28H,17-18H2;1H,(H2,2,3). The molecule has 1 aromatic heterocycles. The Hall–Kier alpha value is -4.81. The number of carbonyl (C=O) groups excluding carboxylic acids is 2. The Kier molecular flexibility index (Phi) is 10.7. The Morgan fingerprint density at radius 2 is 1.65 bits per heavy atom. The number of amides is 2. The Morgan fingerprint density at radius 1 is 1.00 bits per heavy atom. The lowest BCUT2D eigenvalue weighted by Crippen LogP contribution is -2.35. The maximum atomic E-state index is 13.7. The SMILES string of the molecule is NC=O.O=C(C=Cc1ccccc1)N(c1ccccc1)S(=O)(=O)c1ccc(NCCc2cccs2)c([N+](=O)[O-])c1. The molecule has 3 N–H and O–H groups in total. The van der Waals surface area contributed by atoms with E-state index in [-0.39, 0.29) is 22.7 Å². The van der Waals surface area contributed by atoms with Crippen LogP contribution < -0.4 is 15.4 Å². The summed E-state index contributed by atoms with van der Waals surface area (Å²) in [6.07, 6.45) is 3.59. The molecule has 206 valence electrons. The average molecular weight is 579 g/mol. The highest BCUT2D eigenvalue weighted by Gasteiger charge is 2.31. The lowest BCUT2D eigenvalue weighted by molar-refractivity contribution is -0.384. The van der Waals surface area contributed by atoms with Crippen molar-refractivity contribution in [2.75, 3.05) is 16.2 Å². The second-order valence-corrected chi connectivity index (χ2v) is 10.8. The summed E-state index contributed by atoms with van der Waals surface area (Å²) in [6, 6.07) is 24.3. The predicted octanol–water partition coefficient (Wildman–Crippen LogP) is 4.85. The average Bonchev–Trinajstić information content (AvgIpc) is 3.47. The van der Waals surface area contributed by atoms with Crippen molar-refractivity contribution in [3.8, 4) is 0 Å². The molecule has 2 amide bonds. The molecule has 0 unspecified atom stereocenters. The largest absolute Gasteiger partial charge is 0.379 e. The first-order chi connectivity index (χ1) is 19.3. The van der Waals surface area contributed by atoms with Crippen LogP contribution in [0.25, 0.3) is 6.08 Å². The number of hydrogen-bond acceptors (Lipinski definition) is 8. The van der Waals surface area contributed by atoms with Crippen LogP contribution in [0.3, 0.4) is 0 Å². The van der Waals surface area contributed by atoms with Crippen LogP contribution in [0.5, 0.6) is 0 Å². The van der Waals surface area contributed by atoms with Crippen LogP contribution in [0.2, 0.25) is 0 Å². The maximum absolute atomic E-state index is 13.7. The second-order valence-electron chi connectivity index (χ2n) is 8.02. The second kappa shape index (κ2) is 14.4. The molecular formula is C28H26N4O6S2. The van der Waals surface area contributed by atoms with Crippen LogP contribution >= 0.6 is 11.3 Å². The summed E-state index contributed by atoms with van der Waals surface area (Å²) in [4.78, 5) is 33.7. The van der Waals surface area contributed by atoms with Crippen LogP contribution in [0.4, 0.5) is 17.1 Å². The zero-order valence-corrected chi connectivity index (χ0v) is 22.8. The van der Waals surface area contributed by atoms with Gasteiger partial charge >= 0.3 is 0 Å². The van der Waals surface area contributed by atoms with Gasteiger partial charge in [0.1, 0.15) is 5.69 Å². The fraction of sp³-hybridized carbons (Fsp3) is 0.0714. The highest BCUT2D eigenvalue weighted by atomic mass is 32.2. The highest BCUT2D eigenvalue weighted by Crippen LogP contribution is 2.31. The van der Waals surface area contributed by atoms with E-state index in [4.69, 9.17) is 4.79 Å².